The van der Waals surface area contributed by atoms with Crippen LogP contribution in [0.4, 0.5) is 5.69 Å². The standard InChI is InChI=1S/C12H16N2O4/c1-3-10(15)7-13-12(16)9-5-4-8(2)11(6-9)14(17)18/h4-6,10,15H,3,7H2,1-2H3,(H,13,16). The van der Waals surface area contributed by atoms with Gasteiger partial charge in [0.25, 0.3) is 11.6 Å². The van der Waals surface area contributed by atoms with Crippen molar-refractivity contribution in [2.24, 2.45) is 0 Å². The maximum absolute atomic E-state index is 11.7. The van der Waals surface area contributed by atoms with E-state index < -0.39 is 16.9 Å². The van der Waals surface area contributed by atoms with Crippen LogP contribution in [-0.2, 0) is 0 Å². The van der Waals surface area contributed by atoms with Crippen LogP contribution in [0, 0.1) is 17.0 Å². The molecular formula is C12H16N2O4. The second-order valence-electron chi connectivity index (χ2n) is 4.03. The van der Waals surface area contributed by atoms with Crippen molar-refractivity contribution in [3.8, 4) is 0 Å². The maximum atomic E-state index is 11.7. The smallest absolute Gasteiger partial charge is 0.273 e. The molecule has 18 heavy (non-hydrogen) atoms. The molecule has 0 bridgehead atoms. The average molecular weight is 252 g/mol. The van der Waals surface area contributed by atoms with Crippen LogP contribution in [0.2, 0.25) is 0 Å². The van der Waals surface area contributed by atoms with Crippen molar-refractivity contribution < 1.29 is 14.8 Å². The van der Waals surface area contributed by atoms with E-state index in [9.17, 15) is 20.0 Å². The number of aryl methyl sites for hydroxylation is 1. The van der Waals surface area contributed by atoms with Gasteiger partial charge in [-0.1, -0.05) is 13.0 Å². The van der Waals surface area contributed by atoms with Crippen LogP contribution in [0.5, 0.6) is 0 Å². The minimum Gasteiger partial charge on any atom is -0.391 e. The molecule has 0 aliphatic heterocycles. The Labute approximate surface area is 105 Å². The first kappa shape index (κ1) is 14.1. The molecule has 0 aliphatic rings. The molecule has 0 aliphatic carbocycles. The molecule has 0 spiro atoms. The van der Waals surface area contributed by atoms with Gasteiger partial charge in [0.15, 0.2) is 0 Å². The topological polar surface area (TPSA) is 92.5 Å². The number of benzene rings is 1. The molecular weight excluding hydrogens is 236 g/mol. The van der Waals surface area contributed by atoms with E-state index in [4.69, 9.17) is 0 Å². The van der Waals surface area contributed by atoms with Gasteiger partial charge in [-0.15, -0.1) is 0 Å². The summed E-state index contributed by atoms with van der Waals surface area (Å²) in [5.74, 6) is -0.425. The average Bonchev–Trinajstić information content (AvgIpc) is 2.35. The molecule has 1 aromatic rings. The largest absolute Gasteiger partial charge is 0.391 e. The van der Waals surface area contributed by atoms with Gasteiger partial charge in [-0.25, -0.2) is 0 Å². The number of carbonyl (C=O) groups is 1. The number of nitrogens with one attached hydrogen (secondary N) is 1. The number of aliphatic hydroxyl groups is 1. The number of amides is 1. The molecule has 1 rings (SSSR count). The summed E-state index contributed by atoms with van der Waals surface area (Å²) < 4.78 is 0. The predicted molar refractivity (Wildman–Crippen MR) is 66.5 cm³/mol. The van der Waals surface area contributed by atoms with Gasteiger partial charge in [-0.3, -0.25) is 14.9 Å². The Morgan fingerprint density at radius 1 is 1.56 bits per heavy atom. The summed E-state index contributed by atoms with van der Waals surface area (Å²) in [5, 5.41) is 22.6. The predicted octanol–water partition coefficient (Wildman–Crippen LogP) is 1.40. The molecule has 1 atom stereocenters. The van der Waals surface area contributed by atoms with Crippen LogP contribution in [0.3, 0.4) is 0 Å². The molecule has 0 fully saturated rings. The van der Waals surface area contributed by atoms with Crippen LogP contribution in [0.15, 0.2) is 18.2 Å². The van der Waals surface area contributed by atoms with E-state index >= 15 is 0 Å². The Morgan fingerprint density at radius 3 is 2.78 bits per heavy atom. The fourth-order valence-corrected chi connectivity index (χ4v) is 1.40. The SMILES string of the molecule is CCC(O)CNC(=O)c1ccc(C)c([N+](=O)[O-])c1. The third-order valence-corrected chi connectivity index (χ3v) is 2.64. The molecule has 1 unspecified atom stereocenters. The van der Waals surface area contributed by atoms with Gasteiger partial charge >= 0.3 is 0 Å². The normalized spacial score (nSPS) is 11.9. The van der Waals surface area contributed by atoms with E-state index in [1.807, 2.05) is 0 Å². The summed E-state index contributed by atoms with van der Waals surface area (Å²) in [6.07, 6.45) is -0.0664. The number of rotatable bonds is 5. The maximum Gasteiger partial charge on any atom is 0.273 e. The van der Waals surface area contributed by atoms with Gasteiger partial charge in [0.05, 0.1) is 11.0 Å². The fraction of sp³-hybridized carbons (Fsp3) is 0.417. The van der Waals surface area contributed by atoms with Crippen molar-refractivity contribution in [1.29, 1.82) is 0 Å². The zero-order valence-electron chi connectivity index (χ0n) is 10.3. The van der Waals surface area contributed by atoms with E-state index in [-0.39, 0.29) is 17.8 Å². The molecule has 1 amide bonds. The molecule has 0 heterocycles. The Balaban J connectivity index is 2.80. The highest BCUT2D eigenvalue weighted by atomic mass is 16.6. The fourth-order valence-electron chi connectivity index (χ4n) is 1.40. The lowest BCUT2D eigenvalue weighted by Crippen LogP contribution is -2.31. The van der Waals surface area contributed by atoms with Crippen molar-refractivity contribution in [2.75, 3.05) is 6.54 Å². The van der Waals surface area contributed by atoms with Crippen LogP contribution >= 0.6 is 0 Å². The molecule has 98 valence electrons. The Morgan fingerprint density at radius 2 is 2.22 bits per heavy atom. The molecule has 2 N–H and O–H groups in total. The van der Waals surface area contributed by atoms with Gasteiger partial charge in [0, 0.05) is 23.7 Å². The lowest BCUT2D eigenvalue weighted by Gasteiger charge is -2.09. The minimum atomic E-state index is -0.602. The molecule has 6 nitrogen and oxygen atoms in total. The summed E-state index contributed by atoms with van der Waals surface area (Å²) >= 11 is 0. The Kier molecular flexibility index (Phi) is 4.79. The molecule has 0 aromatic heterocycles. The van der Waals surface area contributed by atoms with Gasteiger partial charge in [-0.2, -0.15) is 0 Å². The van der Waals surface area contributed by atoms with Crippen LogP contribution in [0.1, 0.15) is 29.3 Å². The number of hydrogen-bond acceptors (Lipinski definition) is 4. The number of aliphatic hydroxyl groups excluding tert-OH is 1. The summed E-state index contributed by atoms with van der Waals surface area (Å²) in [5.41, 5.74) is 0.638. The first-order valence-electron chi connectivity index (χ1n) is 5.67. The van der Waals surface area contributed by atoms with Crippen molar-refractivity contribution in [1.82, 2.24) is 5.32 Å². The summed E-state index contributed by atoms with van der Waals surface area (Å²) in [6.45, 7) is 3.55. The highest BCUT2D eigenvalue weighted by molar-refractivity contribution is 5.95. The Bertz CT molecular complexity index is 459. The van der Waals surface area contributed by atoms with Gasteiger partial charge < -0.3 is 10.4 Å². The first-order valence-corrected chi connectivity index (χ1v) is 5.67. The van der Waals surface area contributed by atoms with E-state index in [2.05, 4.69) is 5.32 Å². The van der Waals surface area contributed by atoms with Crippen LogP contribution < -0.4 is 5.32 Å². The highest BCUT2D eigenvalue weighted by Gasteiger charge is 2.15. The lowest BCUT2D eigenvalue weighted by atomic mass is 10.1. The van der Waals surface area contributed by atoms with Crippen molar-refractivity contribution in [3.05, 3.63) is 39.4 Å². The number of carbonyl (C=O) groups excluding carboxylic acids is 1. The molecule has 1 aromatic carbocycles. The van der Waals surface area contributed by atoms with Crippen LogP contribution in [-0.4, -0.2) is 28.6 Å². The molecule has 0 saturated heterocycles. The summed E-state index contributed by atoms with van der Waals surface area (Å²) in [4.78, 5) is 21.9. The van der Waals surface area contributed by atoms with E-state index in [0.29, 0.717) is 12.0 Å². The molecule has 0 radical (unpaired) electrons. The quantitative estimate of drug-likeness (QED) is 0.612. The second-order valence-corrected chi connectivity index (χ2v) is 4.03. The monoisotopic (exact) mass is 252 g/mol. The minimum absolute atomic E-state index is 0.0845. The number of nitro groups is 1. The van der Waals surface area contributed by atoms with E-state index in [1.54, 1.807) is 13.8 Å². The number of nitrogens with zero attached hydrogens (tertiary/aromatic N) is 1. The zero-order valence-corrected chi connectivity index (χ0v) is 10.3. The zero-order chi connectivity index (χ0) is 13.7. The molecule has 0 saturated carbocycles. The number of hydrogen-bond donors (Lipinski definition) is 2. The van der Waals surface area contributed by atoms with Crippen molar-refractivity contribution in [3.63, 3.8) is 0 Å². The third-order valence-electron chi connectivity index (χ3n) is 2.64. The summed E-state index contributed by atoms with van der Waals surface area (Å²) in [6, 6.07) is 4.29. The van der Waals surface area contributed by atoms with Gasteiger partial charge in [-0.05, 0) is 19.4 Å². The first-order chi connectivity index (χ1) is 8.45. The lowest BCUT2D eigenvalue weighted by molar-refractivity contribution is -0.385. The third kappa shape index (κ3) is 3.53. The van der Waals surface area contributed by atoms with Gasteiger partial charge in [0.1, 0.15) is 0 Å². The van der Waals surface area contributed by atoms with Crippen molar-refractivity contribution in [2.45, 2.75) is 26.4 Å². The number of nitro benzene ring substituents is 1. The van der Waals surface area contributed by atoms with E-state index in [0.717, 1.165) is 0 Å². The van der Waals surface area contributed by atoms with Crippen LogP contribution in [0.25, 0.3) is 0 Å². The van der Waals surface area contributed by atoms with Gasteiger partial charge in [0.2, 0.25) is 0 Å². The highest BCUT2D eigenvalue weighted by Crippen LogP contribution is 2.19. The summed E-state index contributed by atoms with van der Waals surface area (Å²) in [7, 11) is 0. The van der Waals surface area contributed by atoms with E-state index in [1.165, 1.54) is 18.2 Å². The van der Waals surface area contributed by atoms with Crippen molar-refractivity contribution >= 4 is 11.6 Å². The Hall–Kier alpha value is -1.95. The second kappa shape index (κ2) is 6.11. The molecule has 6 heteroatoms.